The van der Waals surface area contributed by atoms with Crippen molar-refractivity contribution in [3.05, 3.63) is 53.7 Å². The van der Waals surface area contributed by atoms with Gasteiger partial charge in [-0.25, -0.2) is 4.98 Å². The van der Waals surface area contributed by atoms with E-state index >= 15 is 0 Å². The van der Waals surface area contributed by atoms with Gasteiger partial charge in [0.05, 0.1) is 11.6 Å². The summed E-state index contributed by atoms with van der Waals surface area (Å²) in [7, 11) is 0. The number of para-hydroxylation sites is 1. The number of hydrogen-bond donors (Lipinski definition) is 2. The Morgan fingerprint density at radius 2 is 2.08 bits per heavy atom. The molecule has 1 unspecified atom stereocenters. The van der Waals surface area contributed by atoms with Gasteiger partial charge in [-0.1, -0.05) is 18.2 Å². The van der Waals surface area contributed by atoms with Gasteiger partial charge >= 0.3 is 6.18 Å². The molecule has 1 aromatic carbocycles. The fraction of sp³-hybridized carbons (Fsp3) is 0.333. The molecule has 26 heavy (non-hydrogen) atoms. The summed E-state index contributed by atoms with van der Waals surface area (Å²) in [6, 6.07) is 7.93. The van der Waals surface area contributed by atoms with Crippen molar-refractivity contribution in [3.8, 4) is 11.6 Å². The minimum atomic E-state index is -4.50. The number of carbonyl (C=O) groups is 1. The lowest BCUT2D eigenvalue weighted by molar-refractivity contribution is -0.138. The Balaban J connectivity index is 1.61. The van der Waals surface area contributed by atoms with E-state index in [9.17, 15) is 18.0 Å². The number of benzene rings is 1. The SMILES string of the molecule is O=C(NCc1ccc(Oc2ccccc2C(F)(F)F)nc1)C1CCCN1. The Kier molecular flexibility index (Phi) is 5.41. The molecule has 1 aromatic heterocycles. The number of hydrogen-bond acceptors (Lipinski definition) is 4. The van der Waals surface area contributed by atoms with Crippen LogP contribution in [0.4, 0.5) is 13.2 Å². The Morgan fingerprint density at radius 3 is 2.73 bits per heavy atom. The number of halogens is 3. The number of nitrogens with one attached hydrogen (secondary N) is 2. The summed E-state index contributed by atoms with van der Waals surface area (Å²) in [5, 5.41) is 5.91. The topological polar surface area (TPSA) is 63.2 Å². The number of amides is 1. The average Bonchev–Trinajstić information content (AvgIpc) is 3.15. The van der Waals surface area contributed by atoms with Crippen molar-refractivity contribution in [1.82, 2.24) is 15.6 Å². The van der Waals surface area contributed by atoms with Crippen LogP contribution in [-0.2, 0) is 17.5 Å². The van der Waals surface area contributed by atoms with Gasteiger partial charge < -0.3 is 15.4 Å². The van der Waals surface area contributed by atoms with Gasteiger partial charge in [-0.15, -0.1) is 0 Å². The predicted octanol–water partition coefficient (Wildman–Crippen LogP) is 3.26. The molecule has 1 fully saturated rings. The molecule has 0 bridgehead atoms. The Bertz CT molecular complexity index is 757. The largest absolute Gasteiger partial charge is 0.438 e. The van der Waals surface area contributed by atoms with Crippen LogP contribution in [-0.4, -0.2) is 23.5 Å². The van der Waals surface area contributed by atoms with E-state index in [1.165, 1.54) is 30.5 Å². The molecule has 2 N–H and O–H groups in total. The van der Waals surface area contributed by atoms with Crippen molar-refractivity contribution in [2.75, 3.05) is 6.54 Å². The molecular formula is C18H18F3N3O2. The molecule has 1 saturated heterocycles. The second-order valence-corrected chi connectivity index (χ2v) is 5.97. The second kappa shape index (κ2) is 7.74. The summed E-state index contributed by atoms with van der Waals surface area (Å²) in [4.78, 5) is 15.9. The monoisotopic (exact) mass is 365 g/mol. The van der Waals surface area contributed by atoms with E-state index in [2.05, 4.69) is 15.6 Å². The molecule has 138 valence electrons. The molecule has 8 heteroatoms. The third-order valence-corrected chi connectivity index (χ3v) is 4.05. The minimum absolute atomic E-state index is 0.0502. The molecule has 1 aliphatic heterocycles. The van der Waals surface area contributed by atoms with Crippen LogP contribution in [0.15, 0.2) is 42.6 Å². The smallest absolute Gasteiger partial charge is 0.419 e. The van der Waals surface area contributed by atoms with Crippen LogP contribution in [0.5, 0.6) is 11.6 Å². The van der Waals surface area contributed by atoms with E-state index in [-0.39, 0.29) is 23.6 Å². The lowest BCUT2D eigenvalue weighted by Gasteiger charge is -2.13. The fourth-order valence-electron chi connectivity index (χ4n) is 2.70. The van der Waals surface area contributed by atoms with Crippen LogP contribution in [0, 0.1) is 0 Å². The van der Waals surface area contributed by atoms with E-state index in [0.29, 0.717) is 6.54 Å². The molecular weight excluding hydrogens is 347 g/mol. The van der Waals surface area contributed by atoms with Crippen LogP contribution in [0.2, 0.25) is 0 Å². The number of rotatable bonds is 5. The van der Waals surface area contributed by atoms with Gasteiger partial charge in [-0.05, 0) is 37.1 Å². The normalized spacial score (nSPS) is 17.1. The van der Waals surface area contributed by atoms with Gasteiger partial charge in [-0.3, -0.25) is 4.79 Å². The lowest BCUT2D eigenvalue weighted by Crippen LogP contribution is -2.40. The number of carbonyl (C=O) groups excluding carboxylic acids is 1. The Hall–Kier alpha value is -2.61. The zero-order chi connectivity index (χ0) is 18.6. The highest BCUT2D eigenvalue weighted by atomic mass is 19.4. The van der Waals surface area contributed by atoms with E-state index in [4.69, 9.17) is 4.74 Å². The number of pyridine rings is 1. The maximum atomic E-state index is 13.0. The molecule has 5 nitrogen and oxygen atoms in total. The summed E-state index contributed by atoms with van der Waals surface area (Å²) < 4.78 is 44.2. The van der Waals surface area contributed by atoms with Crippen LogP contribution in [0.3, 0.4) is 0 Å². The first-order chi connectivity index (χ1) is 12.4. The van der Waals surface area contributed by atoms with E-state index < -0.39 is 11.7 Å². The molecule has 3 rings (SSSR count). The zero-order valence-corrected chi connectivity index (χ0v) is 13.8. The van der Waals surface area contributed by atoms with Crippen LogP contribution in [0.1, 0.15) is 24.0 Å². The zero-order valence-electron chi connectivity index (χ0n) is 13.8. The van der Waals surface area contributed by atoms with Gasteiger partial charge in [0.15, 0.2) is 0 Å². The first-order valence-electron chi connectivity index (χ1n) is 8.23. The second-order valence-electron chi connectivity index (χ2n) is 5.97. The highest BCUT2D eigenvalue weighted by molar-refractivity contribution is 5.81. The average molecular weight is 365 g/mol. The first-order valence-corrected chi connectivity index (χ1v) is 8.23. The summed E-state index contributed by atoms with van der Waals surface area (Å²) in [5.74, 6) is -0.322. The maximum absolute atomic E-state index is 13.0. The maximum Gasteiger partial charge on any atom is 0.419 e. The van der Waals surface area contributed by atoms with E-state index in [1.54, 1.807) is 6.07 Å². The van der Waals surface area contributed by atoms with Crippen molar-refractivity contribution in [2.45, 2.75) is 31.6 Å². The molecule has 2 aromatic rings. The molecule has 1 amide bonds. The number of nitrogens with zero attached hydrogens (tertiary/aromatic N) is 1. The highest BCUT2D eigenvalue weighted by Crippen LogP contribution is 2.37. The quantitative estimate of drug-likeness (QED) is 0.854. The molecule has 0 aliphatic carbocycles. The van der Waals surface area contributed by atoms with Crippen molar-refractivity contribution < 1.29 is 22.7 Å². The minimum Gasteiger partial charge on any atom is -0.438 e. The van der Waals surface area contributed by atoms with Gasteiger partial charge in [0.2, 0.25) is 11.8 Å². The summed E-state index contributed by atoms with van der Waals surface area (Å²) in [5.41, 5.74) is -0.130. The van der Waals surface area contributed by atoms with Gasteiger partial charge in [0.25, 0.3) is 0 Å². The number of aromatic nitrogens is 1. The van der Waals surface area contributed by atoms with Crippen molar-refractivity contribution in [1.29, 1.82) is 0 Å². The third-order valence-electron chi connectivity index (χ3n) is 4.05. The number of alkyl halides is 3. The summed E-state index contributed by atoms with van der Waals surface area (Å²) in [6.45, 7) is 1.13. The summed E-state index contributed by atoms with van der Waals surface area (Å²) >= 11 is 0. The third kappa shape index (κ3) is 4.51. The van der Waals surface area contributed by atoms with Crippen LogP contribution >= 0.6 is 0 Å². The fourth-order valence-corrected chi connectivity index (χ4v) is 2.70. The molecule has 1 atom stereocenters. The van der Waals surface area contributed by atoms with Gasteiger partial charge in [0, 0.05) is 18.8 Å². The standard InChI is InChI=1S/C18H18F3N3O2/c19-18(20,21)13-4-1-2-6-15(13)26-16-8-7-12(10-23-16)11-24-17(25)14-5-3-9-22-14/h1-2,4,6-8,10,14,22H,3,5,9,11H2,(H,24,25). The van der Waals surface area contributed by atoms with E-state index in [0.717, 1.165) is 31.0 Å². The van der Waals surface area contributed by atoms with Crippen LogP contribution in [0.25, 0.3) is 0 Å². The van der Waals surface area contributed by atoms with Gasteiger partial charge in [0.1, 0.15) is 5.75 Å². The van der Waals surface area contributed by atoms with Crippen molar-refractivity contribution in [3.63, 3.8) is 0 Å². The van der Waals surface area contributed by atoms with Crippen molar-refractivity contribution >= 4 is 5.91 Å². The molecule has 1 aliphatic rings. The summed E-state index contributed by atoms with van der Waals surface area (Å²) in [6.07, 6.45) is -1.25. The van der Waals surface area contributed by atoms with Crippen molar-refractivity contribution in [2.24, 2.45) is 0 Å². The Morgan fingerprint density at radius 1 is 1.27 bits per heavy atom. The lowest BCUT2D eigenvalue weighted by atomic mass is 10.2. The van der Waals surface area contributed by atoms with Crippen LogP contribution < -0.4 is 15.4 Å². The number of ether oxygens (including phenoxy) is 1. The highest BCUT2D eigenvalue weighted by Gasteiger charge is 2.34. The molecule has 2 heterocycles. The molecule has 0 saturated carbocycles. The van der Waals surface area contributed by atoms with Gasteiger partial charge in [-0.2, -0.15) is 13.2 Å². The molecule has 0 spiro atoms. The Labute approximate surface area is 148 Å². The molecule has 0 radical (unpaired) electrons. The predicted molar refractivity (Wildman–Crippen MR) is 88.6 cm³/mol. The first kappa shape index (κ1) is 18.2. The van der Waals surface area contributed by atoms with E-state index in [1.807, 2.05) is 0 Å².